The highest BCUT2D eigenvalue weighted by molar-refractivity contribution is 5.82. The van der Waals surface area contributed by atoms with Gasteiger partial charge in [0.15, 0.2) is 0 Å². The van der Waals surface area contributed by atoms with Gasteiger partial charge in [-0.15, -0.1) is 0 Å². The Morgan fingerprint density at radius 1 is 1.24 bits per heavy atom. The normalized spacial score (nSPS) is 11.5. The number of nitrogens with one attached hydrogen (secondary N) is 1. The number of nitrogens with zero attached hydrogens (tertiary/aromatic N) is 1. The predicted molar refractivity (Wildman–Crippen MR) is 72.9 cm³/mol. The van der Waals surface area contributed by atoms with Crippen molar-refractivity contribution in [1.29, 1.82) is 0 Å². The molecule has 2 aromatic rings. The summed E-state index contributed by atoms with van der Waals surface area (Å²) < 4.78 is 0. The molecule has 1 heterocycles. The van der Waals surface area contributed by atoms with Gasteiger partial charge in [0.05, 0.1) is 0 Å². The molecule has 2 rings (SSSR count). The summed E-state index contributed by atoms with van der Waals surface area (Å²) in [6.07, 6.45) is 3.28. The molecule has 92 valence electrons. The van der Waals surface area contributed by atoms with Crippen LogP contribution in [-0.2, 0) is 6.54 Å². The zero-order valence-corrected chi connectivity index (χ0v) is 10.4. The van der Waals surface area contributed by atoms with Crippen LogP contribution in [0, 0.1) is 0 Å². The smallest absolute Gasteiger partial charge is 0.0457 e. The first-order chi connectivity index (χ1) is 8.35. The lowest BCUT2D eigenvalue weighted by Gasteiger charge is -2.20. The number of benzene rings is 1. The second kappa shape index (κ2) is 5.84. The maximum Gasteiger partial charge on any atom is 0.0457 e. The molecule has 0 fully saturated rings. The van der Waals surface area contributed by atoms with Gasteiger partial charge in [-0.05, 0) is 24.6 Å². The summed E-state index contributed by atoms with van der Waals surface area (Å²) in [4.78, 5) is 5.73. The fraction of sp³-hybridized carbons (Fsp3) is 0.429. The Morgan fingerprint density at radius 3 is 2.82 bits per heavy atom. The molecule has 0 saturated heterocycles. The van der Waals surface area contributed by atoms with Gasteiger partial charge in [-0.1, -0.05) is 25.1 Å². The number of rotatable bonds is 6. The molecule has 3 N–H and O–H groups in total. The van der Waals surface area contributed by atoms with Crippen molar-refractivity contribution in [2.24, 2.45) is 5.73 Å². The molecule has 1 aromatic carbocycles. The van der Waals surface area contributed by atoms with Crippen molar-refractivity contribution in [2.75, 3.05) is 19.6 Å². The molecule has 3 nitrogen and oxygen atoms in total. The summed E-state index contributed by atoms with van der Waals surface area (Å²) in [6.45, 7) is 5.99. The van der Waals surface area contributed by atoms with Crippen LogP contribution in [-0.4, -0.2) is 29.5 Å². The SMILES string of the molecule is CCCN(CCN)Cc1c[nH]c2ccccc12. The van der Waals surface area contributed by atoms with Gasteiger partial charge in [0, 0.05) is 36.7 Å². The number of nitrogens with two attached hydrogens (primary N) is 1. The van der Waals surface area contributed by atoms with Crippen LogP contribution in [0.4, 0.5) is 0 Å². The first-order valence-corrected chi connectivity index (χ1v) is 6.32. The molecular weight excluding hydrogens is 210 g/mol. The minimum absolute atomic E-state index is 0.725. The molecule has 0 spiro atoms. The van der Waals surface area contributed by atoms with E-state index in [1.807, 2.05) is 0 Å². The monoisotopic (exact) mass is 231 g/mol. The van der Waals surface area contributed by atoms with E-state index in [-0.39, 0.29) is 0 Å². The minimum Gasteiger partial charge on any atom is -0.361 e. The molecule has 0 saturated carbocycles. The van der Waals surface area contributed by atoms with Crippen molar-refractivity contribution < 1.29 is 0 Å². The molecule has 1 aromatic heterocycles. The highest BCUT2D eigenvalue weighted by Gasteiger charge is 2.08. The molecule has 0 aliphatic carbocycles. The lowest BCUT2D eigenvalue weighted by molar-refractivity contribution is 0.274. The predicted octanol–water partition coefficient (Wildman–Crippen LogP) is 2.34. The van der Waals surface area contributed by atoms with Gasteiger partial charge >= 0.3 is 0 Å². The van der Waals surface area contributed by atoms with E-state index < -0.39 is 0 Å². The highest BCUT2D eigenvalue weighted by Crippen LogP contribution is 2.19. The second-order valence-corrected chi connectivity index (χ2v) is 4.42. The zero-order valence-electron chi connectivity index (χ0n) is 10.4. The molecule has 0 bridgehead atoms. The number of hydrogen-bond donors (Lipinski definition) is 2. The first-order valence-electron chi connectivity index (χ1n) is 6.32. The molecule has 0 unspecified atom stereocenters. The standard InChI is InChI=1S/C14H21N3/c1-2-8-17(9-7-15)11-12-10-16-14-6-4-3-5-13(12)14/h3-6,10,16H,2,7-9,11,15H2,1H3. The van der Waals surface area contributed by atoms with Crippen LogP contribution in [0.1, 0.15) is 18.9 Å². The van der Waals surface area contributed by atoms with Crippen molar-refractivity contribution in [3.63, 3.8) is 0 Å². The van der Waals surface area contributed by atoms with Gasteiger partial charge in [0.1, 0.15) is 0 Å². The quantitative estimate of drug-likeness (QED) is 0.801. The van der Waals surface area contributed by atoms with Crippen LogP contribution in [0.25, 0.3) is 10.9 Å². The number of aromatic amines is 1. The van der Waals surface area contributed by atoms with Gasteiger partial charge in [-0.2, -0.15) is 0 Å². The van der Waals surface area contributed by atoms with E-state index in [1.165, 1.54) is 22.9 Å². The van der Waals surface area contributed by atoms with Crippen molar-refractivity contribution in [3.8, 4) is 0 Å². The molecular formula is C14H21N3. The third kappa shape index (κ3) is 2.87. The van der Waals surface area contributed by atoms with Crippen LogP contribution in [0.2, 0.25) is 0 Å². The third-order valence-electron chi connectivity index (χ3n) is 3.05. The zero-order chi connectivity index (χ0) is 12.1. The lowest BCUT2D eigenvalue weighted by atomic mass is 10.1. The lowest BCUT2D eigenvalue weighted by Crippen LogP contribution is -2.29. The van der Waals surface area contributed by atoms with Crippen LogP contribution in [0.15, 0.2) is 30.5 Å². The van der Waals surface area contributed by atoms with Gasteiger partial charge in [0.2, 0.25) is 0 Å². The third-order valence-corrected chi connectivity index (χ3v) is 3.05. The Balaban J connectivity index is 2.15. The van der Waals surface area contributed by atoms with Crippen LogP contribution < -0.4 is 5.73 Å². The van der Waals surface area contributed by atoms with E-state index in [4.69, 9.17) is 5.73 Å². The Hall–Kier alpha value is -1.32. The van der Waals surface area contributed by atoms with Crippen molar-refractivity contribution in [2.45, 2.75) is 19.9 Å². The minimum atomic E-state index is 0.725. The largest absolute Gasteiger partial charge is 0.361 e. The summed E-state index contributed by atoms with van der Waals surface area (Å²) in [5.74, 6) is 0. The van der Waals surface area contributed by atoms with Gasteiger partial charge < -0.3 is 10.7 Å². The van der Waals surface area contributed by atoms with E-state index in [9.17, 15) is 0 Å². The summed E-state index contributed by atoms with van der Waals surface area (Å²) in [5, 5.41) is 1.32. The van der Waals surface area contributed by atoms with Crippen LogP contribution >= 0.6 is 0 Å². The molecule has 0 atom stereocenters. The van der Waals surface area contributed by atoms with Gasteiger partial charge in [0.25, 0.3) is 0 Å². The molecule has 0 aliphatic rings. The molecule has 0 radical (unpaired) electrons. The summed E-state index contributed by atoms with van der Waals surface area (Å²) in [6, 6.07) is 8.44. The second-order valence-electron chi connectivity index (χ2n) is 4.42. The maximum absolute atomic E-state index is 5.65. The highest BCUT2D eigenvalue weighted by atomic mass is 15.1. The Labute approximate surface area is 103 Å². The Bertz CT molecular complexity index is 455. The summed E-state index contributed by atoms with van der Waals surface area (Å²) in [5.41, 5.74) is 8.23. The van der Waals surface area contributed by atoms with Crippen LogP contribution in [0.3, 0.4) is 0 Å². The van der Waals surface area contributed by atoms with E-state index in [1.54, 1.807) is 0 Å². The number of para-hydroxylation sites is 1. The number of fused-ring (bicyclic) bond motifs is 1. The number of H-pyrrole nitrogens is 1. The Kier molecular flexibility index (Phi) is 4.18. The summed E-state index contributed by atoms with van der Waals surface area (Å²) >= 11 is 0. The van der Waals surface area contributed by atoms with E-state index in [0.29, 0.717) is 0 Å². The van der Waals surface area contributed by atoms with Crippen molar-refractivity contribution in [1.82, 2.24) is 9.88 Å². The average molecular weight is 231 g/mol. The van der Waals surface area contributed by atoms with Gasteiger partial charge in [-0.25, -0.2) is 0 Å². The van der Waals surface area contributed by atoms with E-state index in [2.05, 4.69) is 47.3 Å². The molecule has 3 heteroatoms. The average Bonchev–Trinajstić information content (AvgIpc) is 2.74. The molecule has 17 heavy (non-hydrogen) atoms. The van der Waals surface area contributed by atoms with Crippen LogP contribution in [0.5, 0.6) is 0 Å². The topological polar surface area (TPSA) is 45.0 Å². The summed E-state index contributed by atoms with van der Waals surface area (Å²) in [7, 11) is 0. The van der Waals surface area contributed by atoms with Crippen molar-refractivity contribution >= 4 is 10.9 Å². The van der Waals surface area contributed by atoms with E-state index in [0.717, 1.165) is 26.2 Å². The van der Waals surface area contributed by atoms with Gasteiger partial charge in [-0.3, -0.25) is 4.90 Å². The Morgan fingerprint density at radius 2 is 2.06 bits per heavy atom. The fourth-order valence-corrected chi connectivity index (χ4v) is 2.27. The first kappa shape index (κ1) is 12.1. The number of hydrogen-bond acceptors (Lipinski definition) is 2. The fourth-order valence-electron chi connectivity index (χ4n) is 2.27. The van der Waals surface area contributed by atoms with E-state index >= 15 is 0 Å². The maximum atomic E-state index is 5.65. The molecule has 0 amide bonds. The molecule has 0 aliphatic heterocycles. The van der Waals surface area contributed by atoms with Crippen molar-refractivity contribution in [3.05, 3.63) is 36.0 Å². The number of aromatic nitrogens is 1.